The topological polar surface area (TPSA) is 61.0 Å². The third-order valence-corrected chi connectivity index (χ3v) is 4.39. The van der Waals surface area contributed by atoms with Crippen LogP contribution < -0.4 is 10.5 Å². The minimum Gasteiger partial charge on any atom is -0.477 e. The van der Waals surface area contributed by atoms with Crippen LogP contribution in [0.2, 0.25) is 0 Å². The molecule has 0 aliphatic heterocycles. The third-order valence-electron chi connectivity index (χ3n) is 4.39. The minimum atomic E-state index is 0.613. The van der Waals surface area contributed by atoms with E-state index in [2.05, 4.69) is 9.97 Å². The van der Waals surface area contributed by atoms with Crippen LogP contribution in [0.25, 0.3) is 0 Å². The Bertz CT molecular complexity index is 422. The Labute approximate surface area is 108 Å². The zero-order chi connectivity index (χ0) is 12.4. The molecule has 4 heteroatoms. The molecular weight excluding hydrogens is 226 g/mol. The van der Waals surface area contributed by atoms with Crippen LogP contribution in [-0.2, 0) is 12.8 Å². The van der Waals surface area contributed by atoms with E-state index >= 15 is 0 Å². The SMILES string of the molecule is NCC1CCCC1COc1ncnc2c1CCC2. The van der Waals surface area contributed by atoms with Gasteiger partial charge in [-0.05, 0) is 50.5 Å². The average molecular weight is 247 g/mol. The van der Waals surface area contributed by atoms with Gasteiger partial charge in [0.2, 0.25) is 5.88 Å². The number of aromatic nitrogens is 2. The monoisotopic (exact) mass is 247 g/mol. The molecule has 0 amide bonds. The van der Waals surface area contributed by atoms with E-state index in [1.165, 1.54) is 36.9 Å². The van der Waals surface area contributed by atoms with Crippen LogP contribution in [0.1, 0.15) is 36.9 Å². The van der Waals surface area contributed by atoms with Crippen molar-refractivity contribution in [3.8, 4) is 5.88 Å². The highest BCUT2D eigenvalue weighted by molar-refractivity contribution is 5.33. The second kappa shape index (κ2) is 5.22. The van der Waals surface area contributed by atoms with E-state index < -0.39 is 0 Å². The van der Waals surface area contributed by atoms with Gasteiger partial charge in [0.25, 0.3) is 0 Å². The average Bonchev–Trinajstić information content (AvgIpc) is 3.04. The van der Waals surface area contributed by atoms with E-state index in [-0.39, 0.29) is 0 Å². The van der Waals surface area contributed by atoms with Gasteiger partial charge in [-0.3, -0.25) is 0 Å². The van der Waals surface area contributed by atoms with Gasteiger partial charge >= 0.3 is 0 Å². The van der Waals surface area contributed by atoms with Crippen molar-refractivity contribution < 1.29 is 4.74 Å². The summed E-state index contributed by atoms with van der Waals surface area (Å²) in [5.74, 6) is 2.07. The lowest BCUT2D eigenvalue weighted by Crippen LogP contribution is -2.23. The Morgan fingerprint density at radius 1 is 1.17 bits per heavy atom. The number of aryl methyl sites for hydroxylation is 1. The number of hydrogen-bond donors (Lipinski definition) is 1. The molecule has 1 fully saturated rings. The predicted octanol–water partition coefficient (Wildman–Crippen LogP) is 1.72. The summed E-state index contributed by atoms with van der Waals surface area (Å²) >= 11 is 0. The van der Waals surface area contributed by atoms with Gasteiger partial charge in [0, 0.05) is 5.56 Å². The minimum absolute atomic E-state index is 0.613. The fraction of sp³-hybridized carbons (Fsp3) is 0.714. The van der Waals surface area contributed by atoms with Crippen molar-refractivity contribution in [1.82, 2.24) is 9.97 Å². The molecule has 0 saturated heterocycles. The summed E-state index contributed by atoms with van der Waals surface area (Å²) < 4.78 is 5.96. The summed E-state index contributed by atoms with van der Waals surface area (Å²) in [7, 11) is 0. The summed E-state index contributed by atoms with van der Waals surface area (Å²) in [4.78, 5) is 8.62. The van der Waals surface area contributed by atoms with Crippen LogP contribution in [0.4, 0.5) is 0 Å². The van der Waals surface area contributed by atoms with Crippen LogP contribution in [0.15, 0.2) is 6.33 Å². The molecule has 4 nitrogen and oxygen atoms in total. The lowest BCUT2D eigenvalue weighted by molar-refractivity contribution is 0.208. The third kappa shape index (κ3) is 2.21. The molecule has 0 radical (unpaired) electrons. The van der Waals surface area contributed by atoms with Gasteiger partial charge in [-0.25, -0.2) is 9.97 Å². The molecule has 2 unspecified atom stereocenters. The maximum atomic E-state index is 5.96. The maximum Gasteiger partial charge on any atom is 0.219 e. The molecule has 0 spiro atoms. The molecule has 1 heterocycles. The molecule has 1 saturated carbocycles. The van der Waals surface area contributed by atoms with E-state index in [1.807, 2.05) is 0 Å². The molecule has 2 aliphatic carbocycles. The molecule has 18 heavy (non-hydrogen) atoms. The largest absolute Gasteiger partial charge is 0.477 e. The number of fused-ring (bicyclic) bond motifs is 1. The molecule has 0 bridgehead atoms. The van der Waals surface area contributed by atoms with Gasteiger partial charge in [-0.15, -0.1) is 0 Å². The van der Waals surface area contributed by atoms with Crippen LogP contribution in [0, 0.1) is 11.8 Å². The highest BCUT2D eigenvalue weighted by Crippen LogP contribution is 2.32. The van der Waals surface area contributed by atoms with Gasteiger partial charge in [-0.2, -0.15) is 0 Å². The second-order valence-electron chi connectivity index (χ2n) is 5.46. The van der Waals surface area contributed by atoms with Crippen molar-refractivity contribution in [1.29, 1.82) is 0 Å². The molecule has 2 atom stereocenters. The number of ether oxygens (including phenoxy) is 1. The second-order valence-corrected chi connectivity index (χ2v) is 5.46. The Morgan fingerprint density at radius 3 is 2.94 bits per heavy atom. The molecular formula is C14H21N3O. The van der Waals surface area contributed by atoms with Gasteiger partial charge in [0.15, 0.2) is 0 Å². The van der Waals surface area contributed by atoms with E-state index in [4.69, 9.17) is 10.5 Å². The summed E-state index contributed by atoms with van der Waals surface area (Å²) in [5, 5.41) is 0. The smallest absolute Gasteiger partial charge is 0.219 e. The first-order valence-corrected chi connectivity index (χ1v) is 7.04. The summed E-state index contributed by atoms with van der Waals surface area (Å²) in [6, 6.07) is 0. The van der Waals surface area contributed by atoms with Crippen molar-refractivity contribution in [3.05, 3.63) is 17.6 Å². The molecule has 0 aromatic carbocycles. The van der Waals surface area contributed by atoms with Gasteiger partial charge in [-0.1, -0.05) is 6.42 Å². The number of nitrogens with zero attached hydrogens (tertiary/aromatic N) is 2. The molecule has 98 valence electrons. The first-order chi connectivity index (χ1) is 8.88. The standard InChI is InChI=1S/C14H21N3O/c15-7-10-3-1-4-11(10)8-18-14-12-5-2-6-13(12)16-9-17-14/h9-11H,1-8,15H2. The molecule has 1 aromatic heterocycles. The molecule has 2 aliphatic rings. The molecule has 3 rings (SSSR count). The zero-order valence-electron chi connectivity index (χ0n) is 10.8. The van der Waals surface area contributed by atoms with E-state index in [1.54, 1.807) is 6.33 Å². The number of nitrogens with two attached hydrogens (primary N) is 1. The molecule has 1 aromatic rings. The predicted molar refractivity (Wildman–Crippen MR) is 69.4 cm³/mol. The van der Waals surface area contributed by atoms with Crippen molar-refractivity contribution in [3.63, 3.8) is 0 Å². The fourth-order valence-electron chi connectivity index (χ4n) is 3.28. The lowest BCUT2D eigenvalue weighted by atomic mass is 9.97. The lowest BCUT2D eigenvalue weighted by Gasteiger charge is -2.18. The van der Waals surface area contributed by atoms with Gasteiger partial charge < -0.3 is 10.5 Å². The first kappa shape index (κ1) is 11.9. The van der Waals surface area contributed by atoms with Crippen molar-refractivity contribution in [2.45, 2.75) is 38.5 Å². The Morgan fingerprint density at radius 2 is 2.06 bits per heavy atom. The quantitative estimate of drug-likeness (QED) is 0.880. The van der Waals surface area contributed by atoms with Crippen molar-refractivity contribution in [2.24, 2.45) is 17.6 Å². The Kier molecular flexibility index (Phi) is 3.46. The van der Waals surface area contributed by atoms with Crippen LogP contribution in [0.5, 0.6) is 5.88 Å². The van der Waals surface area contributed by atoms with Gasteiger partial charge in [0.1, 0.15) is 6.33 Å². The van der Waals surface area contributed by atoms with E-state index in [0.29, 0.717) is 11.8 Å². The van der Waals surface area contributed by atoms with Crippen LogP contribution >= 0.6 is 0 Å². The fourth-order valence-corrected chi connectivity index (χ4v) is 3.28. The number of rotatable bonds is 4. The summed E-state index contributed by atoms with van der Waals surface area (Å²) in [6.07, 6.45) is 8.74. The summed E-state index contributed by atoms with van der Waals surface area (Å²) in [6.45, 7) is 1.56. The van der Waals surface area contributed by atoms with E-state index in [0.717, 1.165) is 31.9 Å². The highest BCUT2D eigenvalue weighted by atomic mass is 16.5. The normalized spacial score (nSPS) is 26.3. The van der Waals surface area contributed by atoms with E-state index in [9.17, 15) is 0 Å². The van der Waals surface area contributed by atoms with Gasteiger partial charge in [0.05, 0.1) is 12.3 Å². The zero-order valence-corrected chi connectivity index (χ0v) is 10.8. The Hall–Kier alpha value is -1.16. The summed E-state index contributed by atoms with van der Waals surface area (Å²) in [5.41, 5.74) is 8.22. The Balaban J connectivity index is 1.65. The van der Waals surface area contributed by atoms with Crippen LogP contribution in [0.3, 0.4) is 0 Å². The maximum absolute atomic E-state index is 5.96. The van der Waals surface area contributed by atoms with Crippen molar-refractivity contribution in [2.75, 3.05) is 13.2 Å². The van der Waals surface area contributed by atoms with Crippen LogP contribution in [-0.4, -0.2) is 23.1 Å². The highest BCUT2D eigenvalue weighted by Gasteiger charge is 2.27. The first-order valence-electron chi connectivity index (χ1n) is 7.04. The number of hydrogen-bond acceptors (Lipinski definition) is 4. The molecule has 2 N–H and O–H groups in total. The van der Waals surface area contributed by atoms with Crippen molar-refractivity contribution >= 4 is 0 Å².